The molecule has 0 unspecified atom stereocenters. The van der Waals surface area contributed by atoms with Crippen LogP contribution in [0.2, 0.25) is 0 Å². The summed E-state index contributed by atoms with van der Waals surface area (Å²) in [6.07, 6.45) is -8.53. The van der Waals surface area contributed by atoms with E-state index < -0.39 is 35.6 Å². The van der Waals surface area contributed by atoms with Crippen molar-refractivity contribution in [3.8, 4) is 11.8 Å². The molecule has 0 atom stereocenters. The molecular formula is C8H2F6N2O. The monoisotopic (exact) mass is 256 g/mol. The molecule has 1 aromatic rings. The Morgan fingerprint density at radius 2 is 1.94 bits per heavy atom. The van der Waals surface area contributed by atoms with E-state index in [-0.39, 0.29) is 6.20 Å². The fourth-order valence-electron chi connectivity index (χ4n) is 0.965. The first-order chi connectivity index (χ1) is 7.76. The van der Waals surface area contributed by atoms with Crippen molar-refractivity contribution in [3.05, 3.63) is 23.3 Å². The Morgan fingerprint density at radius 3 is 2.35 bits per heavy atom. The molecule has 0 amide bonds. The number of alkyl halides is 5. The fourth-order valence-corrected chi connectivity index (χ4v) is 0.965. The standard InChI is InChI=1S/C8H2F6N2O/c9-4-2-16-5(7(10)11)6(3(4)1-15)17-8(12,13)14/h2,7H. The van der Waals surface area contributed by atoms with Gasteiger partial charge in [-0.15, -0.1) is 13.2 Å². The van der Waals surface area contributed by atoms with E-state index in [1.807, 2.05) is 0 Å². The molecule has 3 nitrogen and oxygen atoms in total. The van der Waals surface area contributed by atoms with Crippen LogP contribution < -0.4 is 4.74 Å². The van der Waals surface area contributed by atoms with Gasteiger partial charge in [-0.3, -0.25) is 0 Å². The normalized spacial score (nSPS) is 11.4. The van der Waals surface area contributed by atoms with Gasteiger partial charge >= 0.3 is 6.36 Å². The topological polar surface area (TPSA) is 45.9 Å². The van der Waals surface area contributed by atoms with Crippen molar-refractivity contribution in [1.29, 1.82) is 5.26 Å². The quantitative estimate of drug-likeness (QED) is 0.764. The summed E-state index contributed by atoms with van der Waals surface area (Å²) in [6, 6.07) is 1.01. The maximum atomic E-state index is 12.9. The molecule has 0 aromatic carbocycles. The summed E-state index contributed by atoms with van der Waals surface area (Å²) in [6.45, 7) is 0. The molecule has 0 radical (unpaired) electrons. The Kier molecular flexibility index (Phi) is 3.45. The third-order valence-corrected chi connectivity index (χ3v) is 1.55. The Hall–Kier alpha value is -1.98. The summed E-state index contributed by atoms with van der Waals surface area (Å²) in [5.74, 6) is -3.09. The van der Waals surface area contributed by atoms with Crippen molar-refractivity contribution in [2.45, 2.75) is 12.8 Å². The molecule has 1 rings (SSSR count). The van der Waals surface area contributed by atoms with Gasteiger partial charge in [-0.05, 0) is 0 Å². The molecule has 9 heteroatoms. The van der Waals surface area contributed by atoms with Gasteiger partial charge in [0.2, 0.25) is 0 Å². The molecule has 0 bridgehead atoms. The molecule has 0 fully saturated rings. The second-order valence-electron chi connectivity index (χ2n) is 2.66. The van der Waals surface area contributed by atoms with Gasteiger partial charge in [0.05, 0.1) is 6.20 Å². The van der Waals surface area contributed by atoms with E-state index in [0.29, 0.717) is 0 Å². The maximum Gasteiger partial charge on any atom is 0.573 e. The molecule has 0 spiro atoms. The van der Waals surface area contributed by atoms with Gasteiger partial charge in [-0.25, -0.2) is 18.2 Å². The molecule has 92 valence electrons. The molecule has 0 aliphatic rings. The highest BCUT2D eigenvalue weighted by atomic mass is 19.4. The zero-order chi connectivity index (χ0) is 13.2. The Balaban J connectivity index is 3.41. The van der Waals surface area contributed by atoms with E-state index >= 15 is 0 Å². The lowest BCUT2D eigenvalue weighted by Crippen LogP contribution is -2.20. The first kappa shape index (κ1) is 13.1. The SMILES string of the molecule is N#Cc1c(F)cnc(C(F)F)c1OC(F)(F)F. The number of pyridine rings is 1. The highest BCUT2D eigenvalue weighted by Crippen LogP contribution is 2.34. The average molecular weight is 256 g/mol. The van der Waals surface area contributed by atoms with Crippen molar-refractivity contribution in [1.82, 2.24) is 4.98 Å². The van der Waals surface area contributed by atoms with Gasteiger partial charge in [-0.2, -0.15) is 5.26 Å². The molecule has 0 N–H and O–H groups in total. The van der Waals surface area contributed by atoms with Crippen LogP contribution in [0.25, 0.3) is 0 Å². The summed E-state index contributed by atoms with van der Waals surface area (Å²) >= 11 is 0. The van der Waals surface area contributed by atoms with E-state index in [4.69, 9.17) is 5.26 Å². The average Bonchev–Trinajstić information content (AvgIpc) is 2.15. The molecule has 0 saturated heterocycles. The molecule has 0 saturated carbocycles. The highest BCUT2D eigenvalue weighted by Gasteiger charge is 2.36. The zero-order valence-corrected chi connectivity index (χ0v) is 7.73. The summed E-state index contributed by atoms with van der Waals surface area (Å²) in [4.78, 5) is 2.77. The number of nitrogens with zero attached hydrogens (tertiary/aromatic N) is 2. The van der Waals surface area contributed by atoms with E-state index in [1.54, 1.807) is 0 Å². The van der Waals surface area contributed by atoms with Gasteiger partial charge in [-0.1, -0.05) is 0 Å². The lowest BCUT2D eigenvalue weighted by molar-refractivity contribution is -0.275. The number of hydrogen-bond acceptors (Lipinski definition) is 3. The van der Waals surface area contributed by atoms with Crippen LogP contribution in [0.4, 0.5) is 26.3 Å². The van der Waals surface area contributed by atoms with E-state index in [2.05, 4.69) is 9.72 Å². The van der Waals surface area contributed by atoms with Gasteiger partial charge < -0.3 is 4.74 Å². The predicted octanol–water partition coefficient (Wildman–Crippen LogP) is 2.93. The van der Waals surface area contributed by atoms with Crippen LogP contribution >= 0.6 is 0 Å². The van der Waals surface area contributed by atoms with Crippen LogP contribution in [0.3, 0.4) is 0 Å². The van der Waals surface area contributed by atoms with E-state index in [1.165, 1.54) is 0 Å². The van der Waals surface area contributed by atoms with Crippen LogP contribution in [-0.4, -0.2) is 11.3 Å². The zero-order valence-electron chi connectivity index (χ0n) is 7.73. The second kappa shape index (κ2) is 4.48. The van der Waals surface area contributed by atoms with Crippen molar-refractivity contribution in [2.75, 3.05) is 0 Å². The Labute approximate surface area is 90.2 Å². The summed E-state index contributed by atoms with van der Waals surface area (Å²) in [7, 11) is 0. The molecule has 1 heterocycles. The minimum Gasteiger partial charge on any atom is -0.402 e. The van der Waals surface area contributed by atoms with Gasteiger partial charge in [0.25, 0.3) is 6.43 Å². The van der Waals surface area contributed by atoms with Crippen LogP contribution in [0.5, 0.6) is 5.75 Å². The lowest BCUT2D eigenvalue weighted by Gasteiger charge is -2.13. The minimum absolute atomic E-state index is 0.225. The third kappa shape index (κ3) is 2.99. The van der Waals surface area contributed by atoms with Crippen LogP contribution in [0.15, 0.2) is 6.20 Å². The predicted molar refractivity (Wildman–Crippen MR) is 40.6 cm³/mol. The Morgan fingerprint density at radius 1 is 1.35 bits per heavy atom. The number of halogens is 6. The van der Waals surface area contributed by atoms with E-state index in [9.17, 15) is 26.3 Å². The van der Waals surface area contributed by atoms with E-state index in [0.717, 1.165) is 6.07 Å². The van der Waals surface area contributed by atoms with Crippen molar-refractivity contribution in [2.24, 2.45) is 0 Å². The van der Waals surface area contributed by atoms with Crippen molar-refractivity contribution in [3.63, 3.8) is 0 Å². The smallest absolute Gasteiger partial charge is 0.402 e. The van der Waals surface area contributed by atoms with Crippen LogP contribution in [-0.2, 0) is 0 Å². The number of nitriles is 1. The highest BCUT2D eigenvalue weighted by molar-refractivity contribution is 5.46. The number of rotatable bonds is 2. The van der Waals surface area contributed by atoms with Crippen molar-refractivity contribution >= 4 is 0 Å². The van der Waals surface area contributed by atoms with Gasteiger partial charge in [0, 0.05) is 0 Å². The van der Waals surface area contributed by atoms with Gasteiger partial charge in [0.1, 0.15) is 11.6 Å². The number of aromatic nitrogens is 1. The van der Waals surface area contributed by atoms with Gasteiger partial charge in [0.15, 0.2) is 17.3 Å². The fraction of sp³-hybridized carbons (Fsp3) is 0.250. The third-order valence-electron chi connectivity index (χ3n) is 1.55. The largest absolute Gasteiger partial charge is 0.573 e. The Bertz CT molecular complexity index is 464. The molecule has 0 aliphatic heterocycles. The molecule has 0 aliphatic carbocycles. The maximum absolute atomic E-state index is 12.9. The summed E-state index contributed by atoms with van der Waals surface area (Å²) in [5, 5.41) is 8.39. The first-order valence-electron chi connectivity index (χ1n) is 3.88. The minimum atomic E-state index is -5.33. The summed E-state index contributed by atoms with van der Waals surface area (Å²) in [5.41, 5.74) is -2.71. The second-order valence-corrected chi connectivity index (χ2v) is 2.66. The summed E-state index contributed by atoms with van der Waals surface area (Å²) < 4.78 is 76.4. The first-order valence-corrected chi connectivity index (χ1v) is 3.88. The van der Waals surface area contributed by atoms with Crippen LogP contribution in [0.1, 0.15) is 17.7 Å². The molecular weight excluding hydrogens is 254 g/mol. The van der Waals surface area contributed by atoms with Crippen LogP contribution in [0, 0.1) is 17.1 Å². The lowest BCUT2D eigenvalue weighted by atomic mass is 10.2. The number of ether oxygens (including phenoxy) is 1. The van der Waals surface area contributed by atoms with Crippen molar-refractivity contribution < 1.29 is 31.1 Å². The molecule has 17 heavy (non-hydrogen) atoms. The number of hydrogen-bond donors (Lipinski definition) is 0. The molecule has 1 aromatic heterocycles.